The number of aromatic amines is 1. The first-order valence-corrected chi connectivity index (χ1v) is 4.11. The lowest BCUT2D eigenvalue weighted by molar-refractivity contribution is -0.0982. The highest BCUT2D eigenvalue weighted by molar-refractivity contribution is 5.25. The molecule has 1 aromatic heterocycles. The highest BCUT2D eigenvalue weighted by atomic mass is 16.6. The molecular formula is C9H15NO2. The van der Waals surface area contributed by atoms with Crippen molar-refractivity contribution < 1.29 is 9.84 Å². The summed E-state index contributed by atoms with van der Waals surface area (Å²) in [6.07, 6.45) is -0.792. The lowest BCUT2D eigenvalue weighted by Crippen LogP contribution is -2.02. The second kappa shape index (κ2) is 3.74. The van der Waals surface area contributed by atoms with Crippen molar-refractivity contribution in [2.24, 2.45) is 0 Å². The van der Waals surface area contributed by atoms with E-state index in [0.717, 1.165) is 17.0 Å². The summed E-state index contributed by atoms with van der Waals surface area (Å²) in [5.74, 6) is 0. The highest BCUT2D eigenvalue weighted by Crippen LogP contribution is 2.19. The van der Waals surface area contributed by atoms with Crippen LogP contribution in [-0.4, -0.2) is 16.7 Å². The van der Waals surface area contributed by atoms with Crippen LogP contribution in [0.4, 0.5) is 0 Å². The number of aryl methyl sites for hydroxylation is 2. The smallest absolute Gasteiger partial charge is 0.182 e. The number of rotatable bonds is 3. The van der Waals surface area contributed by atoms with Gasteiger partial charge in [-0.2, -0.15) is 0 Å². The molecule has 0 spiro atoms. The summed E-state index contributed by atoms with van der Waals surface area (Å²) in [7, 11) is 0. The van der Waals surface area contributed by atoms with Crippen molar-refractivity contribution in [2.75, 3.05) is 6.61 Å². The zero-order valence-electron chi connectivity index (χ0n) is 7.72. The fourth-order valence-electron chi connectivity index (χ4n) is 1.25. The molecule has 1 atom stereocenters. The Morgan fingerprint density at radius 2 is 2.25 bits per heavy atom. The summed E-state index contributed by atoms with van der Waals surface area (Å²) in [5, 5.41) is 9.47. The van der Waals surface area contributed by atoms with Gasteiger partial charge in [0.05, 0.1) is 0 Å². The van der Waals surface area contributed by atoms with Crippen molar-refractivity contribution in [1.82, 2.24) is 4.98 Å². The second-order valence-corrected chi connectivity index (χ2v) is 2.84. The summed E-state index contributed by atoms with van der Waals surface area (Å²) < 4.78 is 5.06. The Morgan fingerprint density at radius 1 is 1.58 bits per heavy atom. The molecule has 68 valence electrons. The zero-order valence-corrected chi connectivity index (χ0v) is 7.72. The number of aliphatic hydroxyl groups excluding tert-OH is 1. The van der Waals surface area contributed by atoms with Crippen LogP contribution >= 0.6 is 0 Å². The van der Waals surface area contributed by atoms with Gasteiger partial charge in [0.15, 0.2) is 6.29 Å². The van der Waals surface area contributed by atoms with E-state index in [1.165, 1.54) is 0 Å². The van der Waals surface area contributed by atoms with Gasteiger partial charge in [0, 0.05) is 23.6 Å². The van der Waals surface area contributed by atoms with E-state index < -0.39 is 6.29 Å². The maximum atomic E-state index is 9.47. The molecule has 0 aromatic carbocycles. The quantitative estimate of drug-likeness (QED) is 0.676. The predicted octanol–water partition coefficient (Wildman–Crippen LogP) is 1.66. The lowest BCUT2D eigenvalue weighted by atomic mass is 10.2. The van der Waals surface area contributed by atoms with E-state index in [4.69, 9.17) is 4.74 Å². The van der Waals surface area contributed by atoms with Gasteiger partial charge < -0.3 is 14.8 Å². The van der Waals surface area contributed by atoms with Crippen LogP contribution in [0.5, 0.6) is 0 Å². The number of aromatic nitrogens is 1. The van der Waals surface area contributed by atoms with Gasteiger partial charge in [-0.25, -0.2) is 0 Å². The minimum absolute atomic E-state index is 0.519. The molecule has 3 heteroatoms. The van der Waals surface area contributed by atoms with Gasteiger partial charge >= 0.3 is 0 Å². The Morgan fingerprint density at radius 3 is 2.67 bits per heavy atom. The summed E-state index contributed by atoms with van der Waals surface area (Å²) >= 11 is 0. The van der Waals surface area contributed by atoms with Gasteiger partial charge in [0.2, 0.25) is 0 Å². The van der Waals surface area contributed by atoms with E-state index in [1.54, 1.807) is 0 Å². The Kier molecular flexibility index (Phi) is 2.89. The van der Waals surface area contributed by atoms with E-state index in [9.17, 15) is 5.11 Å². The van der Waals surface area contributed by atoms with Gasteiger partial charge in [0.25, 0.3) is 0 Å². The molecule has 0 bridgehead atoms. The van der Waals surface area contributed by atoms with E-state index >= 15 is 0 Å². The average molecular weight is 169 g/mol. The standard InChI is InChI=1S/C9H15NO2/c1-4-12-9(11)8-5-6(2)10-7(8)3/h5,9-11H,4H2,1-3H3. The fraction of sp³-hybridized carbons (Fsp3) is 0.556. The largest absolute Gasteiger partial charge is 0.364 e. The third-order valence-electron chi connectivity index (χ3n) is 1.78. The third-order valence-corrected chi connectivity index (χ3v) is 1.78. The lowest BCUT2D eigenvalue weighted by Gasteiger charge is -2.09. The molecule has 0 amide bonds. The first-order chi connectivity index (χ1) is 5.65. The molecule has 2 N–H and O–H groups in total. The van der Waals surface area contributed by atoms with Gasteiger partial charge in [-0.15, -0.1) is 0 Å². The van der Waals surface area contributed by atoms with Crippen LogP contribution in [0.15, 0.2) is 6.07 Å². The molecule has 0 saturated heterocycles. The number of hydrogen-bond acceptors (Lipinski definition) is 2. The van der Waals surface area contributed by atoms with Gasteiger partial charge in [-0.3, -0.25) is 0 Å². The predicted molar refractivity (Wildman–Crippen MR) is 46.9 cm³/mol. The van der Waals surface area contributed by atoms with Crippen LogP contribution in [0, 0.1) is 13.8 Å². The van der Waals surface area contributed by atoms with Crippen LogP contribution in [0.2, 0.25) is 0 Å². The average Bonchev–Trinajstić information content (AvgIpc) is 2.30. The second-order valence-electron chi connectivity index (χ2n) is 2.84. The molecule has 1 rings (SSSR count). The number of nitrogens with one attached hydrogen (secondary N) is 1. The van der Waals surface area contributed by atoms with E-state index in [2.05, 4.69) is 4.98 Å². The topological polar surface area (TPSA) is 45.2 Å². The first kappa shape index (κ1) is 9.29. The third kappa shape index (κ3) is 1.87. The van der Waals surface area contributed by atoms with E-state index in [1.807, 2.05) is 26.8 Å². The number of H-pyrrole nitrogens is 1. The normalized spacial score (nSPS) is 13.3. The van der Waals surface area contributed by atoms with E-state index in [0.29, 0.717) is 6.61 Å². The van der Waals surface area contributed by atoms with Crippen molar-refractivity contribution in [3.63, 3.8) is 0 Å². The SMILES string of the molecule is CCOC(O)c1cc(C)[nH]c1C. The molecule has 0 aliphatic carbocycles. The molecule has 3 nitrogen and oxygen atoms in total. The van der Waals surface area contributed by atoms with Gasteiger partial charge in [-0.1, -0.05) is 0 Å². The van der Waals surface area contributed by atoms with Crippen molar-refractivity contribution >= 4 is 0 Å². The van der Waals surface area contributed by atoms with Crippen LogP contribution in [0.3, 0.4) is 0 Å². The summed E-state index contributed by atoms with van der Waals surface area (Å²) in [6.45, 7) is 6.25. The zero-order chi connectivity index (χ0) is 9.14. The van der Waals surface area contributed by atoms with Crippen LogP contribution in [0.1, 0.15) is 30.2 Å². The van der Waals surface area contributed by atoms with Crippen LogP contribution in [-0.2, 0) is 4.74 Å². The maximum absolute atomic E-state index is 9.47. The van der Waals surface area contributed by atoms with Crippen molar-refractivity contribution in [2.45, 2.75) is 27.1 Å². The minimum atomic E-state index is -0.792. The summed E-state index contributed by atoms with van der Waals surface area (Å²) in [4.78, 5) is 3.11. The first-order valence-electron chi connectivity index (χ1n) is 4.11. The van der Waals surface area contributed by atoms with E-state index in [-0.39, 0.29) is 0 Å². The fourth-order valence-corrected chi connectivity index (χ4v) is 1.25. The van der Waals surface area contributed by atoms with Gasteiger partial charge in [-0.05, 0) is 26.8 Å². The molecule has 0 aliphatic rings. The summed E-state index contributed by atoms with van der Waals surface area (Å²) in [6, 6.07) is 1.90. The molecule has 1 aromatic rings. The molecule has 0 fully saturated rings. The monoisotopic (exact) mass is 169 g/mol. The maximum Gasteiger partial charge on any atom is 0.182 e. The number of hydrogen-bond donors (Lipinski definition) is 2. The number of aliphatic hydroxyl groups is 1. The number of ether oxygens (including phenoxy) is 1. The Labute approximate surface area is 72.4 Å². The molecule has 0 saturated carbocycles. The van der Waals surface area contributed by atoms with Crippen LogP contribution < -0.4 is 0 Å². The molecule has 1 heterocycles. The molecule has 12 heavy (non-hydrogen) atoms. The Hall–Kier alpha value is -0.800. The van der Waals surface area contributed by atoms with Crippen LogP contribution in [0.25, 0.3) is 0 Å². The molecule has 0 radical (unpaired) electrons. The Bertz CT molecular complexity index is 255. The summed E-state index contributed by atoms with van der Waals surface area (Å²) in [5.41, 5.74) is 2.84. The Balaban J connectivity index is 2.79. The molecular weight excluding hydrogens is 154 g/mol. The highest BCUT2D eigenvalue weighted by Gasteiger charge is 2.11. The minimum Gasteiger partial charge on any atom is -0.364 e. The van der Waals surface area contributed by atoms with Gasteiger partial charge in [0.1, 0.15) is 0 Å². The van der Waals surface area contributed by atoms with Crippen molar-refractivity contribution in [3.8, 4) is 0 Å². The molecule has 1 unspecified atom stereocenters. The van der Waals surface area contributed by atoms with Crippen molar-refractivity contribution in [3.05, 3.63) is 23.0 Å². The molecule has 0 aliphatic heterocycles. The van der Waals surface area contributed by atoms with Crippen molar-refractivity contribution in [1.29, 1.82) is 0 Å².